The molecule has 2 atom stereocenters. The highest BCUT2D eigenvalue weighted by molar-refractivity contribution is 7.92. The summed E-state index contributed by atoms with van der Waals surface area (Å²) in [6.45, 7) is 3.87. The summed E-state index contributed by atoms with van der Waals surface area (Å²) in [5, 5.41) is 3.40. The van der Waals surface area contributed by atoms with Crippen molar-refractivity contribution >= 4 is 44.0 Å². The van der Waals surface area contributed by atoms with E-state index < -0.39 is 44.1 Å². The van der Waals surface area contributed by atoms with Crippen molar-refractivity contribution in [3.8, 4) is 11.5 Å². The highest BCUT2D eigenvalue weighted by atomic mass is 32.2. The van der Waals surface area contributed by atoms with Crippen LogP contribution in [0.2, 0.25) is 0 Å². The Balaban J connectivity index is 0.00000208. The molecule has 45 heavy (non-hydrogen) atoms. The standard InChI is InChI=1S/C30H28F2N6O5S.FH.H2/c1-17-4-6-37(17)21-13-24-29(34-16-21)38(7-9-42-24)27-3-2-18-14-33-20(12-23(18)36-27)15-35-30(39)19-10-22(31)28-25(11-19)44(40,41)26(32)5-8-43-28;;/h2-3,10-14,16-17,26H,4-9,15H2,1H3,(H,35,39);2*1H/t17-,26+;;/m0../s1. The third kappa shape index (κ3) is 5.45. The van der Waals surface area contributed by atoms with E-state index in [0.717, 1.165) is 36.2 Å². The van der Waals surface area contributed by atoms with E-state index in [9.17, 15) is 22.0 Å². The van der Waals surface area contributed by atoms with E-state index in [2.05, 4.69) is 22.1 Å². The maximum absolute atomic E-state index is 14.7. The third-order valence-corrected chi connectivity index (χ3v) is 9.95. The van der Waals surface area contributed by atoms with Gasteiger partial charge in [-0.2, -0.15) is 0 Å². The number of carbonyl (C=O) groups excluding carboxylic acids is 1. The molecule has 1 N–H and O–H groups in total. The molecule has 3 aliphatic rings. The Morgan fingerprint density at radius 2 is 1.93 bits per heavy atom. The first-order valence-electron chi connectivity index (χ1n) is 14.2. The molecule has 6 heterocycles. The van der Waals surface area contributed by atoms with Gasteiger partial charge in [-0.3, -0.25) is 14.5 Å². The van der Waals surface area contributed by atoms with Crippen LogP contribution in [0.3, 0.4) is 0 Å². The lowest BCUT2D eigenvalue weighted by atomic mass is 10.0. The van der Waals surface area contributed by atoms with Gasteiger partial charge in [0.2, 0.25) is 15.3 Å². The smallest absolute Gasteiger partial charge is 0.251 e. The number of amides is 1. The zero-order valence-corrected chi connectivity index (χ0v) is 24.9. The molecule has 0 radical (unpaired) electrons. The van der Waals surface area contributed by atoms with Crippen molar-refractivity contribution in [3.63, 3.8) is 0 Å². The molecule has 238 valence electrons. The highest BCUT2D eigenvalue weighted by Gasteiger charge is 2.36. The van der Waals surface area contributed by atoms with Crippen LogP contribution >= 0.6 is 0 Å². The first kappa shape index (κ1) is 30.4. The van der Waals surface area contributed by atoms with Gasteiger partial charge in [0.25, 0.3) is 5.91 Å². The summed E-state index contributed by atoms with van der Waals surface area (Å²) in [6, 6.07) is 9.81. The third-order valence-electron chi connectivity index (χ3n) is 8.13. The van der Waals surface area contributed by atoms with Crippen LogP contribution in [0.4, 0.5) is 30.8 Å². The molecule has 0 unspecified atom stereocenters. The predicted octanol–water partition coefficient (Wildman–Crippen LogP) is 4.47. The molecule has 0 saturated carbocycles. The molecule has 3 aliphatic heterocycles. The number of nitrogens with one attached hydrogen (secondary N) is 1. The molecule has 0 bridgehead atoms. The maximum Gasteiger partial charge on any atom is 0.251 e. The topological polar surface area (TPSA) is 127 Å². The van der Waals surface area contributed by atoms with Gasteiger partial charge in [-0.25, -0.2) is 27.2 Å². The molecule has 1 amide bonds. The van der Waals surface area contributed by atoms with Crippen LogP contribution in [0.5, 0.6) is 11.5 Å². The lowest BCUT2D eigenvalue weighted by molar-refractivity contribution is 0.0949. The van der Waals surface area contributed by atoms with E-state index in [1.165, 1.54) is 0 Å². The zero-order chi connectivity index (χ0) is 30.6. The molecular formula is C30H31F3N6O5S. The fraction of sp³-hybridized carbons (Fsp3) is 0.333. The van der Waals surface area contributed by atoms with Crippen LogP contribution < -0.4 is 24.6 Å². The molecule has 15 heteroatoms. The lowest BCUT2D eigenvalue weighted by Gasteiger charge is -2.41. The van der Waals surface area contributed by atoms with E-state index >= 15 is 0 Å². The van der Waals surface area contributed by atoms with Crippen molar-refractivity contribution < 1.29 is 37.6 Å². The molecule has 1 aromatic carbocycles. The number of hydrogen-bond acceptors (Lipinski definition) is 10. The van der Waals surface area contributed by atoms with E-state index in [-0.39, 0.29) is 24.8 Å². The van der Waals surface area contributed by atoms with Crippen molar-refractivity contribution in [1.82, 2.24) is 20.3 Å². The SMILES string of the molecule is C[C@H]1CCN1c1cnc2c(c1)OCCN2c1ccc2cnc(CNC(=O)c3cc(F)c4c(c3)S(=O)(=O)[C@@H](F)CCO4)cc2n1.F.[HH]. The Hall–Kier alpha value is -4.66. The van der Waals surface area contributed by atoms with E-state index in [1.54, 1.807) is 12.3 Å². The van der Waals surface area contributed by atoms with Crippen LogP contribution in [0.1, 0.15) is 37.2 Å². The monoisotopic (exact) mass is 644 g/mol. The number of rotatable bonds is 5. The summed E-state index contributed by atoms with van der Waals surface area (Å²) in [6.07, 6.45) is 4.21. The number of anilines is 3. The number of halogens is 3. The average Bonchev–Trinajstić information content (AvgIpc) is 3.13. The number of carbonyl (C=O) groups is 1. The summed E-state index contributed by atoms with van der Waals surface area (Å²) >= 11 is 0. The Labute approximate surface area is 258 Å². The first-order valence-corrected chi connectivity index (χ1v) is 15.8. The Morgan fingerprint density at radius 1 is 1.09 bits per heavy atom. The second-order valence-electron chi connectivity index (χ2n) is 10.9. The first-order chi connectivity index (χ1) is 21.2. The number of fused-ring (bicyclic) bond motifs is 3. The fourth-order valence-corrected chi connectivity index (χ4v) is 6.92. The number of benzene rings is 1. The number of nitrogens with zero attached hydrogens (tertiary/aromatic N) is 5. The largest absolute Gasteiger partial charge is 0.489 e. The van der Waals surface area contributed by atoms with Gasteiger partial charge in [0.1, 0.15) is 17.3 Å². The zero-order valence-electron chi connectivity index (χ0n) is 24.1. The molecule has 3 aromatic heterocycles. The molecule has 0 spiro atoms. The number of aromatic nitrogens is 3. The quantitative estimate of drug-likeness (QED) is 0.333. The highest BCUT2D eigenvalue weighted by Crippen LogP contribution is 2.39. The molecule has 4 aromatic rings. The molecular weight excluding hydrogens is 613 g/mol. The summed E-state index contributed by atoms with van der Waals surface area (Å²) in [5.41, 5.74) is -0.403. The number of pyridine rings is 3. The van der Waals surface area contributed by atoms with Crippen LogP contribution in [0, 0.1) is 5.82 Å². The van der Waals surface area contributed by atoms with Crippen LogP contribution in [0.25, 0.3) is 10.9 Å². The summed E-state index contributed by atoms with van der Waals surface area (Å²) in [4.78, 5) is 30.4. The number of sulfone groups is 1. The minimum absolute atomic E-state index is 0. The van der Waals surface area contributed by atoms with Crippen molar-refractivity contribution in [2.75, 3.05) is 36.1 Å². The van der Waals surface area contributed by atoms with Gasteiger partial charge < -0.3 is 24.6 Å². The number of hydrogen-bond donors (Lipinski definition) is 1. The van der Waals surface area contributed by atoms with E-state index in [0.29, 0.717) is 47.8 Å². The molecule has 7 rings (SSSR count). The van der Waals surface area contributed by atoms with Gasteiger partial charge >= 0.3 is 0 Å². The number of alkyl halides is 1. The second kappa shape index (κ2) is 11.7. The van der Waals surface area contributed by atoms with Crippen molar-refractivity contribution in [2.24, 2.45) is 0 Å². The average molecular weight is 645 g/mol. The van der Waals surface area contributed by atoms with Crippen LogP contribution in [-0.2, 0) is 16.4 Å². The van der Waals surface area contributed by atoms with Crippen LogP contribution in [0.15, 0.2) is 53.7 Å². The second-order valence-corrected chi connectivity index (χ2v) is 13.0. The molecule has 1 saturated heterocycles. The Kier molecular flexibility index (Phi) is 7.89. The summed E-state index contributed by atoms with van der Waals surface area (Å²) < 4.78 is 65.1. The predicted molar refractivity (Wildman–Crippen MR) is 162 cm³/mol. The van der Waals surface area contributed by atoms with Gasteiger partial charge in [-0.1, -0.05) is 0 Å². The minimum atomic E-state index is -4.52. The van der Waals surface area contributed by atoms with Gasteiger partial charge in [-0.05, 0) is 43.7 Å². The van der Waals surface area contributed by atoms with E-state index in [4.69, 9.17) is 19.4 Å². The Bertz CT molecular complexity index is 1920. The molecule has 1 fully saturated rings. The molecule has 0 aliphatic carbocycles. The minimum Gasteiger partial charge on any atom is -0.489 e. The van der Waals surface area contributed by atoms with Gasteiger partial charge in [-0.15, -0.1) is 0 Å². The van der Waals surface area contributed by atoms with E-state index in [1.807, 2.05) is 29.3 Å². The van der Waals surface area contributed by atoms with Crippen molar-refractivity contribution in [2.45, 2.75) is 42.8 Å². The fourth-order valence-electron chi connectivity index (χ4n) is 5.53. The van der Waals surface area contributed by atoms with Crippen molar-refractivity contribution in [3.05, 3.63) is 65.9 Å². The molecule has 11 nitrogen and oxygen atoms in total. The van der Waals surface area contributed by atoms with Gasteiger partial charge in [0.05, 0.1) is 42.8 Å². The number of ether oxygens (including phenoxy) is 2. The van der Waals surface area contributed by atoms with Crippen molar-refractivity contribution in [1.29, 1.82) is 0 Å². The summed E-state index contributed by atoms with van der Waals surface area (Å²) in [5.74, 6) is -0.339. The summed E-state index contributed by atoms with van der Waals surface area (Å²) in [7, 11) is -4.52. The normalized spacial score (nSPS) is 20.0. The Morgan fingerprint density at radius 3 is 2.71 bits per heavy atom. The van der Waals surface area contributed by atoms with Crippen LogP contribution in [-0.4, -0.2) is 67.1 Å². The lowest BCUT2D eigenvalue weighted by Crippen LogP contribution is -2.45. The van der Waals surface area contributed by atoms with Gasteiger partial charge in [0, 0.05) is 43.6 Å². The van der Waals surface area contributed by atoms with Gasteiger partial charge in [0.15, 0.2) is 23.1 Å². The maximum atomic E-state index is 14.7.